The molecule has 1 fully saturated rings. The summed E-state index contributed by atoms with van der Waals surface area (Å²) in [7, 11) is 2.66. The number of aromatic nitrogens is 7. The molecule has 2 aromatic carbocycles. The van der Waals surface area contributed by atoms with Crippen molar-refractivity contribution in [3.8, 4) is 5.75 Å². The molecule has 4 heterocycles. The number of halogens is 3. The van der Waals surface area contributed by atoms with E-state index in [0.717, 1.165) is 28.2 Å². The number of nitrogens with zero attached hydrogens (tertiary/aromatic N) is 9. The van der Waals surface area contributed by atoms with Crippen molar-refractivity contribution in [2.24, 2.45) is 5.92 Å². The van der Waals surface area contributed by atoms with E-state index in [2.05, 4.69) is 46.5 Å². The molecule has 22 heteroatoms. The molecule has 2 aliphatic rings. The van der Waals surface area contributed by atoms with Crippen molar-refractivity contribution in [3.63, 3.8) is 0 Å². The second-order valence-electron chi connectivity index (χ2n) is 17.0. The van der Waals surface area contributed by atoms with Gasteiger partial charge in [-0.2, -0.15) is 23.0 Å². The van der Waals surface area contributed by atoms with Gasteiger partial charge in [-0.05, 0) is 67.0 Å². The zero-order valence-electron chi connectivity index (χ0n) is 37.0. The molecule has 0 saturated heterocycles. The number of carbonyl (C=O) groups is 5. The molecule has 66 heavy (non-hydrogen) atoms. The predicted molar refractivity (Wildman–Crippen MR) is 228 cm³/mol. The third-order valence-corrected chi connectivity index (χ3v) is 11.5. The molecule has 1 saturated carbocycles. The number of ether oxygens (including phenoxy) is 1. The van der Waals surface area contributed by atoms with Crippen molar-refractivity contribution in [1.29, 1.82) is 0 Å². The van der Waals surface area contributed by atoms with E-state index in [1.165, 1.54) is 18.9 Å². The van der Waals surface area contributed by atoms with E-state index in [1.54, 1.807) is 43.5 Å². The maximum Gasteiger partial charge on any atom is 0.455 e. The SMILES string of the molecule is Cc1cc2c(c3cccnc13)C(=O)N[C@H](C(=O)NCCn1nnc(C3CC3)n1)CC(=O)N(C)[C@@H](CC(C)C)C(=O)N(C)[C@H](Cc1nc(C(F)(F)F)no1)C(=O)N[C@H](Cc1ccccc1)CO2. The van der Waals surface area contributed by atoms with Crippen LogP contribution < -0.4 is 20.7 Å². The number of pyridine rings is 1. The minimum atomic E-state index is -4.95. The average Bonchev–Trinajstić information content (AvgIpc) is 3.82. The van der Waals surface area contributed by atoms with Gasteiger partial charge in [-0.15, -0.1) is 10.2 Å². The van der Waals surface area contributed by atoms with Crippen LogP contribution in [-0.2, 0) is 44.7 Å². The summed E-state index contributed by atoms with van der Waals surface area (Å²) in [6, 6.07) is 8.82. The zero-order valence-corrected chi connectivity index (χ0v) is 37.0. The monoisotopic (exact) mass is 916 g/mol. The van der Waals surface area contributed by atoms with Crippen molar-refractivity contribution >= 4 is 40.4 Å². The lowest BCUT2D eigenvalue weighted by Gasteiger charge is -2.35. The Morgan fingerprint density at radius 3 is 2.44 bits per heavy atom. The van der Waals surface area contributed by atoms with Gasteiger partial charge in [0, 0.05) is 38.1 Å². The molecule has 3 N–H and O–H groups in total. The second kappa shape index (κ2) is 20.0. The normalized spacial score (nSPS) is 20.4. The number of tetrazole rings is 1. The molecule has 350 valence electrons. The first-order chi connectivity index (χ1) is 31.5. The summed E-state index contributed by atoms with van der Waals surface area (Å²) in [6.07, 6.45) is -2.44. The summed E-state index contributed by atoms with van der Waals surface area (Å²) < 4.78 is 52.2. The van der Waals surface area contributed by atoms with Gasteiger partial charge in [0.05, 0.1) is 36.5 Å². The molecule has 7 rings (SSSR count). The first-order valence-electron chi connectivity index (χ1n) is 21.6. The average molecular weight is 917 g/mol. The molecule has 5 amide bonds. The molecular formula is C44H51F3N12O7. The van der Waals surface area contributed by atoms with Gasteiger partial charge in [0.2, 0.25) is 29.5 Å². The Bertz CT molecular complexity index is 2560. The maximum atomic E-state index is 14.7. The van der Waals surface area contributed by atoms with Crippen molar-refractivity contribution < 1.29 is 46.4 Å². The van der Waals surface area contributed by atoms with Crippen LogP contribution >= 0.6 is 0 Å². The highest BCUT2D eigenvalue weighted by Gasteiger charge is 2.41. The molecule has 5 aromatic rings. The van der Waals surface area contributed by atoms with E-state index < -0.39 is 84.4 Å². The second-order valence-corrected chi connectivity index (χ2v) is 17.0. The third-order valence-electron chi connectivity index (χ3n) is 11.5. The summed E-state index contributed by atoms with van der Waals surface area (Å²) in [5, 5.41) is 24.4. The Hall–Kier alpha value is -7.00. The fourth-order valence-corrected chi connectivity index (χ4v) is 7.75. The first-order valence-corrected chi connectivity index (χ1v) is 21.6. The molecule has 0 radical (unpaired) electrons. The molecule has 0 spiro atoms. The van der Waals surface area contributed by atoms with Crippen LogP contribution in [0.4, 0.5) is 13.2 Å². The van der Waals surface area contributed by atoms with E-state index in [-0.39, 0.29) is 55.7 Å². The van der Waals surface area contributed by atoms with Crippen LogP contribution in [0.3, 0.4) is 0 Å². The van der Waals surface area contributed by atoms with Crippen LogP contribution in [0.25, 0.3) is 10.9 Å². The number of hydrogen-bond acceptors (Lipinski definition) is 13. The number of nitrogens with one attached hydrogen (secondary N) is 3. The number of likely N-dealkylation sites (N-methyl/N-ethyl adjacent to an activating group) is 2. The highest BCUT2D eigenvalue weighted by atomic mass is 19.4. The van der Waals surface area contributed by atoms with Gasteiger partial charge in [-0.25, -0.2) is 0 Å². The van der Waals surface area contributed by atoms with E-state index in [4.69, 9.17) is 9.26 Å². The zero-order chi connectivity index (χ0) is 47.3. The largest absolute Gasteiger partial charge is 0.491 e. The fourth-order valence-electron chi connectivity index (χ4n) is 7.75. The van der Waals surface area contributed by atoms with Gasteiger partial charge in [-0.3, -0.25) is 29.0 Å². The van der Waals surface area contributed by atoms with Crippen molar-refractivity contribution in [2.45, 2.75) is 102 Å². The van der Waals surface area contributed by atoms with Crippen LogP contribution in [0.1, 0.15) is 84.5 Å². The lowest BCUT2D eigenvalue weighted by Crippen LogP contribution is -2.57. The molecule has 0 unspecified atom stereocenters. The van der Waals surface area contributed by atoms with Crippen molar-refractivity contribution in [3.05, 3.63) is 89.0 Å². The summed E-state index contributed by atoms with van der Waals surface area (Å²) in [6.45, 7) is 5.30. The Kier molecular flexibility index (Phi) is 14.3. The highest BCUT2D eigenvalue weighted by Crippen LogP contribution is 2.37. The Morgan fingerprint density at radius 2 is 1.74 bits per heavy atom. The number of carbonyl (C=O) groups excluding carboxylic acids is 5. The van der Waals surface area contributed by atoms with Gasteiger partial charge in [0.1, 0.15) is 30.5 Å². The molecular weight excluding hydrogens is 866 g/mol. The van der Waals surface area contributed by atoms with E-state index >= 15 is 0 Å². The number of fused-ring (bicyclic) bond motifs is 3. The molecule has 0 bridgehead atoms. The standard InChI is InChI=1S/C44H51F3N12O7/c1-24(2)18-32-42(64)58(5)31(22-34-52-43(55-66-34)44(45,46)47)40(62)50-28(20-26-10-7-6-8-11-26)23-65-33-19-25(3)37-29(12-9-15-48-37)36(33)41(63)51-30(21-35(60)57(32)4)39(61)49-16-17-59-54-38(53-56-59)27-13-14-27/h6-12,15,19,24,27-28,30-32H,13-14,16-18,20-23H2,1-5H3,(H,49,61)(H,50,62)(H,51,63)/t28-,30+,31-,32+/m1/s1. The predicted octanol–water partition coefficient (Wildman–Crippen LogP) is 3.18. The van der Waals surface area contributed by atoms with Gasteiger partial charge in [0.25, 0.3) is 11.7 Å². The number of benzene rings is 2. The lowest BCUT2D eigenvalue weighted by atomic mass is 9.99. The number of rotatable bonds is 11. The maximum absolute atomic E-state index is 14.7. The van der Waals surface area contributed by atoms with Crippen molar-refractivity contribution in [2.75, 3.05) is 27.2 Å². The van der Waals surface area contributed by atoms with Crippen LogP contribution in [0, 0.1) is 12.8 Å². The van der Waals surface area contributed by atoms with E-state index in [0.29, 0.717) is 22.3 Å². The van der Waals surface area contributed by atoms with Gasteiger partial charge >= 0.3 is 6.18 Å². The fraction of sp³-hybridized carbons (Fsp3) is 0.477. The molecule has 1 aliphatic carbocycles. The third kappa shape index (κ3) is 11.3. The van der Waals surface area contributed by atoms with Crippen LogP contribution in [0.5, 0.6) is 5.75 Å². The summed E-state index contributed by atoms with van der Waals surface area (Å²) in [5.74, 6) is -5.15. The summed E-state index contributed by atoms with van der Waals surface area (Å²) in [4.78, 5) is 83.9. The van der Waals surface area contributed by atoms with Gasteiger partial charge in [0.15, 0.2) is 5.82 Å². The van der Waals surface area contributed by atoms with Crippen LogP contribution in [0.15, 0.2) is 59.3 Å². The number of aryl methyl sites for hydroxylation is 1. The highest BCUT2D eigenvalue weighted by molar-refractivity contribution is 6.10. The number of hydrogen-bond donors (Lipinski definition) is 3. The smallest absolute Gasteiger partial charge is 0.455 e. The Morgan fingerprint density at radius 1 is 0.985 bits per heavy atom. The summed E-state index contributed by atoms with van der Waals surface area (Å²) >= 11 is 0. The lowest BCUT2D eigenvalue weighted by molar-refractivity contribution is -0.148. The topological polar surface area (TPSA) is 233 Å². The molecule has 1 aliphatic heterocycles. The number of amides is 5. The summed E-state index contributed by atoms with van der Waals surface area (Å²) in [5.41, 5.74) is 1.88. The molecule has 3 aromatic heterocycles. The quantitative estimate of drug-likeness (QED) is 0.173. The van der Waals surface area contributed by atoms with E-state index in [9.17, 15) is 37.1 Å². The Labute approximate surface area is 377 Å². The van der Waals surface area contributed by atoms with Crippen LogP contribution in [-0.4, -0.2) is 126 Å². The number of alkyl halides is 3. The Balaban J connectivity index is 1.29. The van der Waals surface area contributed by atoms with E-state index in [1.807, 2.05) is 32.0 Å². The van der Waals surface area contributed by atoms with Gasteiger partial charge in [-0.1, -0.05) is 55.4 Å². The minimum Gasteiger partial charge on any atom is -0.491 e. The first kappa shape index (κ1) is 47.0. The molecule has 4 atom stereocenters. The molecule has 19 nitrogen and oxygen atoms in total. The minimum absolute atomic E-state index is 0.00170. The van der Waals surface area contributed by atoms with Crippen molar-refractivity contribution in [1.82, 2.24) is 61.1 Å². The van der Waals surface area contributed by atoms with Crippen LogP contribution in [0.2, 0.25) is 0 Å². The van der Waals surface area contributed by atoms with Gasteiger partial charge < -0.3 is 35.0 Å².